The van der Waals surface area contributed by atoms with Gasteiger partial charge in [-0.2, -0.15) is 0 Å². The van der Waals surface area contributed by atoms with Crippen molar-refractivity contribution in [3.05, 3.63) is 24.6 Å². The predicted molar refractivity (Wildman–Crippen MR) is 55.3 cm³/mol. The van der Waals surface area contributed by atoms with Crippen molar-refractivity contribution in [1.29, 1.82) is 0 Å². The summed E-state index contributed by atoms with van der Waals surface area (Å²) in [7, 11) is -0.875. The van der Waals surface area contributed by atoms with E-state index in [1.54, 1.807) is 0 Å². The summed E-state index contributed by atoms with van der Waals surface area (Å²) in [6.07, 6.45) is 1.07. The van der Waals surface area contributed by atoms with Crippen LogP contribution in [0.1, 0.15) is 20.8 Å². The Morgan fingerprint density at radius 3 is 2.00 bits per heavy atom. The topological polar surface area (TPSA) is 12.0 Å². The molecule has 0 aromatic rings. The van der Waals surface area contributed by atoms with Crippen LogP contribution in [0.15, 0.2) is 24.6 Å². The van der Waals surface area contributed by atoms with Crippen molar-refractivity contribution in [3.63, 3.8) is 0 Å². The van der Waals surface area contributed by atoms with Gasteiger partial charge in [0.1, 0.15) is 0 Å². The molecule has 0 unspecified atom stereocenters. The number of nitrogens with one attached hydrogen (secondary N) is 1. The zero-order chi connectivity index (χ0) is 8.91. The summed E-state index contributed by atoms with van der Waals surface area (Å²) in [6, 6.07) is 0. The smallest absolute Gasteiger partial charge is 0.0979 e. The average Bonchev–Trinajstić information content (AvgIpc) is 1.88. The average molecular weight is 169 g/mol. The van der Waals surface area contributed by atoms with Crippen LogP contribution >= 0.6 is 0 Å². The highest BCUT2D eigenvalue weighted by atomic mass is 28.3. The number of hydrogen-bond donors (Lipinski definition) is 1. The Bertz CT molecular complexity index is 127. The highest BCUT2D eigenvalue weighted by molar-refractivity contribution is 6.69. The lowest BCUT2D eigenvalue weighted by Crippen LogP contribution is -2.41. The molecule has 0 atom stereocenters. The summed E-state index contributed by atoms with van der Waals surface area (Å²) >= 11 is 0. The molecule has 0 aliphatic rings. The minimum Gasteiger partial charge on any atom is -0.314 e. The van der Waals surface area contributed by atoms with Gasteiger partial charge in [0.2, 0.25) is 0 Å². The highest BCUT2D eigenvalue weighted by Crippen LogP contribution is 1.98. The molecule has 0 rings (SSSR count). The Hall–Kier alpha value is -0.343. The Balaban J connectivity index is 3.68. The predicted octanol–water partition coefficient (Wildman–Crippen LogP) is 1.59. The molecular weight excluding hydrogens is 150 g/mol. The molecule has 1 N–H and O–H groups in total. The zero-order valence-electron chi connectivity index (χ0n) is 7.85. The molecule has 0 bridgehead atoms. The number of hydrogen-bond acceptors (Lipinski definition) is 1. The van der Waals surface area contributed by atoms with Crippen LogP contribution in [0.25, 0.3) is 0 Å². The molecule has 0 radical (unpaired) electrons. The van der Waals surface area contributed by atoms with E-state index in [1.807, 2.05) is 11.4 Å². The number of rotatable bonds is 4. The third-order valence-corrected chi connectivity index (χ3v) is 3.36. The molecule has 0 fully saturated rings. The summed E-state index contributed by atoms with van der Waals surface area (Å²) in [5.74, 6) is 0. The fourth-order valence-corrected chi connectivity index (χ4v) is 2.06. The van der Waals surface area contributed by atoms with E-state index in [-0.39, 0.29) is 5.54 Å². The molecule has 11 heavy (non-hydrogen) atoms. The molecule has 2 heteroatoms. The van der Waals surface area contributed by atoms with Crippen molar-refractivity contribution in [3.8, 4) is 0 Å². The molecular formula is C9H19NSi. The normalized spacial score (nSPS) is 11.6. The lowest BCUT2D eigenvalue weighted by Gasteiger charge is -2.21. The molecule has 0 saturated heterocycles. The van der Waals surface area contributed by atoms with Crippen molar-refractivity contribution < 1.29 is 0 Å². The first kappa shape index (κ1) is 10.7. The van der Waals surface area contributed by atoms with Gasteiger partial charge in [-0.3, -0.25) is 0 Å². The van der Waals surface area contributed by atoms with Crippen LogP contribution in [0, 0.1) is 0 Å². The van der Waals surface area contributed by atoms with Gasteiger partial charge in [0.15, 0.2) is 0 Å². The fourth-order valence-electron chi connectivity index (χ4n) is 0.687. The van der Waals surface area contributed by atoms with Crippen LogP contribution in [0.3, 0.4) is 0 Å². The first-order valence-electron chi connectivity index (χ1n) is 3.99. The van der Waals surface area contributed by atoms with Crippen LogP contribution in [0.5, 0.6) is 0 Å². The van der Waals surface area contributed by atoms with Gasteiger partial charge in [-0.05, 0) is 26.9 Å². The Morgan fingerprint density at radius 2 is 1.73 bits per heavy atom. The minimum absolute atomic E-state index is 0.220. The summed E-state index contributed by atoms with van der Waals surface area (Å²) in [5.41, 5.74) is 4.31. The standard InChI is InChI=1S/C9H19NSi/c1-6-11(7-2)8-10-9(3,4)5/h6-7,10-11H,1-2,8H2,3-5H3. The summed E-state index contributed by atoms with van der Waals surface area (Å²) in [6.45, 7) is 14.1. The van der Waals surface area contributed by atoms with Gasteiger partial charge >= 0.3 is 0 Å². The molecule has 1 nitrogen and oxygen atoms in total. The van der Waals surface area contributed by atoms with Gasteiger partial charge in [-0.15, -0.1) is 13.2 Å². The van der Waals surface area contributed by atoms with Gasteiger partial charge in [-0.25, -0.2) is 0 Å². The second-order valence-electron chi connectivity index (χ2n) is 3.77. The van der Waals surface area contributed by atoms with Gasteiger partial charge in [-0.1, -0.05) is 11.4 Å². The first-order valence-corrected chi connectivity index (χ1v) is 6.14. The molecule has 0 saturated carbocycles. The van der Waals surface area contributed by atoms with Gasteiger partial charge in [0.25, 0.3) is 0 Å². The van der Waals surface area contributed by atoms with E-state index in [1.165, 1.54) is 0 Å². The van der Waals surface area contributed by atoms with Crippen molar-refractivity contribution in [1.82, 2.24) is 5.32 Å². The third kappa shape index (κ3) is 6.07. The maximum absolute atomic E-state index is 3.78. The lowest BCUT2D eigenvalue weighted by molar-refractivity contribution is 0.458. The molecule has 0 aliphatic carbocycles. The maximum Gasteiger partial charge on any atom is 0.0979 e. The molecule has 0 aliphatic heterocycles. The van der Waals surface area contributed by atoms with Gasteiger partial charge in [0, 0.05) is 5.54 Å². The van der Waals surface area contributed by atoms with Crippen LogP contribution in [0.4, 0.5) is 0 Å². The lowest BCUT2D eigenvalue weighted by atomic mass is 10.1. The van der Waals surface area contributed by atoms with Crippen LogP contribution in [-0.2, 0) is 0 Å². The van der Waals surface area contributed by atoms with Crippen molar-refractivity contribution in [2.45, 2.75) is 26.3 Å². The highest BCUT2D eigenvalue weighted by Gasteiger charge is 2.10. The van der Waals surface area contributed by atoms with E-state index >= 15 is 0 Å². The van der Waals surface area contributed by atoms with Crippen molar-refractivity contribution >= 4 is 8.80 Å². The first-order chi connectivity index (χ1) is 4.99. The fraction of sp³-hybridized carbons (Fsp3) is 0.556. The maximum atomic E-state index is 3.78. The van der Waals surface area contributed by atoms with Gasteiger partial charge in [0.05, 0.1) is 8.80 Å². The Kier molecular flexibility index (Phi) is 4.38. The Labute approximate surface area is 71.8 Å². The monoisotopic (exact) mass is 169 g/mol. The molecule has 0 heterocycles. The largest absolute Gasteiger partial charge is 0.314 e. The molecule has 0 aromatic heterocycles. The summed E-state index contributed by atoms with van der Waals surface area (Å²) < 4.78 is 0. The molecule has 0 amide bonds. The quantitative estimate of drug-likeness (QED) is 0.630. The molecule has 64 valence electrons. The van der Waals surface area contributed by atoms with Crippen LogP contribution in [0.2, 0.25) is 0 Å². The summed E-state index contributed by atoms with van der Waals surface area (Å²) in [5, 5.41) is 3.44. The second-order valence-corrected chi connectivity index (χ2v) is 6.44. The summed E-state index contributed by atoms with van der Waals surface area (Å²) in [4.78, 5) is 0. The zero-order valence-corrected chi connectivity index (χ0v) is 9.01. The van der Waals surface area contributed by atoms with E-state index in [2.05, 4.69) is 39.2 Å². The third-order valence-electron chi connectivity index (χ3n) is 1.47. The SMILES string of the molecule is C=C[SiH](C=C)CNC(C)(C)C. The van der Waals surface area contributed by atoms with Crippen LogP contribution in [-0.4, -0.2) is 20.5 Å². The van der Waals surface area contributed by atoms with E-state index in [4.69, 9.17) is 0 Å². The van der Waals surface area contributed by atoms with Crippen LogP contribution < -0.4 is 5.32 Å². The van der Waals surface area contributed by atoms with Crippen molar-refractivity contribution in [2.24, 2.45) is 0 Å². The van der Waals surface area contributed by atoms with E-state index in [0.29, 0.717) is 0 Å². The molecule has 0 spiro atoms. The van der Waals surface area contributed by atoms with E-state index in [9.17, 15) is 0 Å². The minimum atomic E-state index is -0.875. The Morgan fingerprint density at radius 1 is 1.27 bits per heavy atom. The van der Waals surface area contributed by atoms with E-state index in [0.717, 1.165) is 6.17 Å². The van der Waals surface area contributed by atoms with Crippen molar-refractivity contribution in [2.75, 3.05) is 6.17 Å². The van der Waals surface area contributed by atoms with E-state index < -0.39 is 8.80 Å². The second kappa shape index (κ2) is 4.52. The molecule has 0 aromatic carbocycles. The van der Waals surface area contributed by atoms with Gasteiger partial charge < -0.3 is 5.32 Å².